The third-order valence-corrected chi connectivity index (χ3v) is 3.43. The molecule has 1 amide bonds. The van der Waals surface area contributed by atoms with Crippen LogP contribution < -0.4 is 15.4 Å². The molecule has 8 heteroatoms. The van der Waals surface area contributed by atoms with Crippen LogP contribution in [0.25, 0.3) is 0 Å². The summed E-state index contributed by atoms with van der Waals surface area (Å²) < 4.78 is 14.5. The summed E-state index contributed by atoms with van der Waals surface area (Å²) in [6.07, 6.45) is 0.680. The van der Waals surface area contributed by atoms with Gasteiger partial charge in [0.2, 0.25) is 11.0 Å². The second-order valence-corrected chi connectivity index (χ2v) is 5.23. The van der Waals surface area contributed by atoms with E-state index in [9.17, 15) is 4.79 Å². The minimum absolute atomic E-state index is 0.147. The van der Waals surface area contributed by atoms with Gasteiger partial charge in [0.1, 0.15) is 11.6 Å². The molecular formula is C14H18N4O3S. The number of aromatic nitrogens is 2. The topological polar surface area (TPSA) is 85.4 Å². The molecule has 2 aromatic rings. The molecule has 2 N–H and O–H groups in total. The lowest BCUT2D eigenvalue weighted by Crippen LogP contribution is -2.07. The van der Waals surface area contributed by atoms with Crippen molar-refractivity contribution in [1.82, 2.24) is 9.36 Å². The first-order chi connectivity index (χ1) is 10.6. The van der Waals surface area contributed by atoms with Crippen molar-refractivity contribution in [3.63, 3.8) is 0 Å². The minimum atomic E-state index is -0.147. The van der Waals surface area contributed by atoms with Crippen molar-refractivity contribution in [1.29, 1.82) is 0 Å². The Morgan fingerprint density at radius 2 is 2.18 bits per heavy atom. The average Bonchev–Trinajstić information content (AvgIpc) is 2.93. The highest BCUT2D eigenvalue weighted by atomic mass is 32.1. The van der Waals surface area contributed by atoms with E-state index in [1.807, 2.05) is 6.07 Å². The molecule has 0 unspecified atom stereocenters. The SMILES string of the molecule is COCCc1nsc(Nc2ccc(NC(C)=O)c(OC)c2)n1. The van der Waals surface area contributed by atoms with Crippen molar-refractivity contribution in [3.8, 4) is 5.75 Å². The zero-order chi connectivity index (χ0) is 15.9. The predicted octanol–water partition coefficient (Wildman–Crippen LogP) is 2.44. The Kier molecular flexibility index (Phi) is 5.68. The third kappa shape index (κ3) is 4.40. The zero-order valence-corrected chi connectivity index (χ0v) is 13.5. The number of rotatable bonds is 7. The first-order valence-electron chi connectivity index (χ1n) is 6.66. The summed E-state index contributed by atoms with van der Waals surface area (Å²) in [5, 5.41) is 6.57. The van der Waals surface area contributed by atoms with Gasteiger partial charge in [0.25, 0.3) is 0 Å². The molecule has 0 aliphatic heterocycles. The summed E-state index contributed by atoms with van der Waals surface area (Å²) in [7, 11) is 3.20. The fraction of sp³-hybridized carbons (Fsp3) is 0.357. The maximum Gasteiger partial charge on any atom is 0.221 e. The Labute approximate surface area is 132 Å². The normalized spacial score (nSPS) is 10.3. The van der Waals surface area contributed by atoms with Gasteiger partial charge in [0.05, 0.1) is 19.4 Å². The molecule has 0 aliphatic rings. The Hall–Kier alpha value is -2.19. The van der Waals surface area contributed by atoms with Gasteiger partial charge in [-0.1, -0.05) is 0 Å². The van der Waals surface area contributed by atoms with E-state index in [2.05, 4.69) is 20.0 Å². The average molecular weight is 322 g/mol. The molecule has 0 bridgehead atoms. The van der Waals surface area contributed by atoms with Gasteiger partial charge in [-0.05, 0) is 12.1 Å². The molecule has 1 aromatic heterocycles. The van der Waals surface area contributed by atoms with Gasteiger partial charge in [-0.2, -0.15) is 4.37 Å². The summed E-state index contributed by atoms with van der Waals surface area (Å²) in [6.45, 7) is 2.05. The minimum Gasteiger partial charge on any atom is -0.494 e. The number of carbonyl (C=O) groups is 1. The molecule has 0 spiro atoms. The van der Waals surface area contributed by atoms with Crippen LogP contribution in [0.3, 0.4) is 0 Å². The van der Waals surface area contributed by atoms with Crippen LogP contribution in [-0.4, -0.2) is 36.1 Å². The third-order valence-electron chi connectivity index (χ3n) is 2.76. The Morgan fingerprint density at radius 3 is 2.86 bits per heavy atom. The second kappa shape index (κ2) is 7.71. The maximum atomic E-state index is 11.1. The number of benzene rings is 1. The second-order valence-electron chi connectivity index (χ2n) is 4.48. The van der Waals surface area contributed by atoms with Crippen LogP contribution in [0.1, 0.15) is 12.7 Å². The molecule has 0 radical (unpaired) electrons. The molecule has 2 rings (SSSR count). The Morgan fingerprint density at radius 1 is 1.36 bits per heavy atom. The molecule has 1 aromatic carbocycles. The molecule has 7 nitrogen and oxygen atoms in total. The summed E-state index contributed by atoms with van der Waals surface area (Å²) in [5.74, 6) is 1.17. The number of carbonyl (C=O) groups excluding carboxylic acids is 1. The van der Waals surface area contributed by atoms with Gasteiger partial charge in [0, 0.05) is 43.7 Å². The molecule has 118 valence electrons. The highest BCUT2D eigenvalue weighted by molar-refractivity contribution is 7.09. The Balaban J connectivity index is 2.09. The quantitative estimate of drug-likeness (QED) is 0.814. The fourth-order valence-corrected chi connectivity index (χ4v) is 2.42. The lowest BCUT2D eigenvalue weighted by Gasteiger charge is -2.11. The standard InChI is InChI=1S/C14H18N4O3S/c1-9(19)15-11-5-4-10(8-12(11)21-3)16-14-17-13(18-22-14)6-7-20-2/h4-5,8H,6-7H2,1-3H3,(H,15,19)(H,16,17,18). The van der Waals surface area contributed by atoms with Gasteiger partial charge in [-0.3, -0.25) is 4.79 Å². The number of anilines is 3. The Bertz CT molecular complexity index is 645. The van der Waals surface area contributed by atoms with Crippen molar-refractivity contribution >= 4 is 33.9 Å². The number of amides is 1. The molecule has 0 atom stereocenters. The van der Waals surface area contributed by atoms with Gasteiger partial charge < -0.3 is 20.1 Å². The highest BCUT2D eigenvalue weighted by Crippen LogP contribution is 2.29. The van der Waals surface area contributed by atoms with Crippen LogP contribution >= 0.6 is 11.5 Å². The van der Waals surface area contributed by atoms with E-state index in [-0.39, 0.29) is 5.91 Å². The number of hydrogen-bond donors (Lipinski definition) is 2. The smallest absolute Gasteiger partial charge is 0.221 e. The van der Waals surface area contributed by atoms with E-state index in [1.54, 1.807) is 26.4 Å². The highest BCUT2D eigenvalue weighted by Gasteiger charge is 2.08. The van der Waals surface area contributed by atoms with Gasteiger partial charge in [-0.15, -0.1) is 0 Å². The summed E-state index contributed by atoms with van der Waals surface area (Å²) in [6, 6.07) is 5.40. The largest absolute Gasteiger partial charge is 0.494 e. The maximum absolute atomic E-state index is 11.1. The van der Waals surface area contributed by atoms with Gasteiger partial charge in [-0.25, -0.2) is 4.98 Å². The van der Waals surface area contributed by atoms with E-state index in [0.29, 0.717) is 29.6 Å². The molecule has 0 aliphatic carbocycles. The lowest BCUT2D eigenvalue weighted by molar-refractivity contribution is -0.114. The number of nitrogens with one attached hydrogen (secondary N) is 2. The summed E-state index contributed by atoms with van der Waals surface area (Å²) in [5.41, 5.74) is 1.43. The number of methoxy groups -OCH3 is 2. The number of hydrogen-bond acceptors (Lipinski definition) is 7. The van der Waals surface area contributed by atoms with Crippen LogP contribution in [0, 0.1) is 0 Å². The van der Waals surface area contributed by atoms with Crippen LogP contribution in [0.5, 0.6) is 5.75 Å². The lowest BCUT2D eigenvalue weighted by atomic mass is 10.2. The number of ether oxygens (including phenoxy) is 2. The van der Waals surface area contributed by atoms with Crippen LogP contribution in [0.2, 0.25) is 0 Å². The van der Waals surface area contributed by atoms with Gasteiger partial charge >= 0.3 is 0 Å². The van der Waals surface area contributed by atoms with E-state index in [0.717, 1.165) is 11.5 Å². The van der Waals surface area contributed by atoms with E-state index >= 15 is 0 Å². The molecule has 0 fully saturated rings. The molecule has 0 saturated carbocycles. The van der Waals surface area contributed by atoms with Crippen LogP contribution in [0.4, 0.5) is 16.5 Å². The fourth-order valence-electron chi connectivity index (χ4n) is 1.78. The summed E-state index contributed by atoms with van der Waals surface area (Å²) >= 11 is 1.28. The predicted molar refractivity (Wildman–Crippen MR) is 86.1 cm³/mol. The van der Waals surface area contributed by atoms with Gasteiger partial charge in [0.15, 0.2) is 0 Å². The molecule has 1 heterocycles. The van der Waals surface area contributed by atoms with Crippen molar-refractivity contribution in [2.45, 2.75) is 13.3 Å². The molecule has 0 saturated heterocycles. The van der Waals surface area contributed by atoms with E-state index < -0.39 is 0 Å². The first-order valence-corrected chi connectivity index (χ1v) is 7.44. The van der Waals surface area contributed by atoms with Crippen molar-refractivity contribution in [2.24, 2.45) is 0 Å². The summed E-state index contributed by atoms with van der Waals surface area (Å²) in [4.78, 5) is 15.5. The van der Waals surface area contributed by atoms with Crippen LogP contribution in [-0.2, 0) is 16.0 Å². The van der Waals surface area contributed by atoms with Crippen LogP contribution in [0.15, 0.2) is 18.2 Å². The van der Waals surface area contributed by atoms with E-state index in [4.69, 9.17) is 9.47 Å². The van der Waals surface area contributed by atoms with Crippen molar-refractivity contribution in [3.05, 3.63) is 24.0 Å². The van der Waals surface area contributed by atoms with Crippen molar-refractivity contribution in [2.75, 3.05) is 31.5 Å². The monoisotopic (exact) mass is 322 g/mol. The first kappa shape index (κ1) is 16.2. The molecular weight excluding hydrogens is 304 g/mol. The zero-order valence-electron chi connectivity index (χ0n) is 12.7. The van der Waals surface area contributed by atoms with Crippen molar-refractivity contribution < 1.29 is 14.3 Å². The van der Waals surface area contributed by atoms with E-state index in [1.165, 1.54) is 18.5 Å². The molecule has 22 heavy (non-hydrogen) atoms. The number of nitrogens with zero attached hydrogens (tertiary/aromatic N) is 2.